The van der Waals surface area contributed by atoms with Crippen molar-refractivity contribution in [3.63, 3.8) is 0 Å². The van der Waals surface area contributed by atoms with Gasteiger partial charge >= 0.3 is 0 Å². The molecule has 0 saturated heterocycles. The van der Waals surface area contributed by atoms with Crippen molar-refractivity contribution in [1.29, 1.82) is 0 Å². The maximum absolute atomic E-state index is 13.5. The molecular weight excluding hydrogens is 277 g/mol. The molecule has 0 aliphatic heterocycles. The molecule has 0 aliphatic rings. The predicted octanol–water partition coefficient (Wildman–Crippen LogP) is 3.70. The van der Waals surface area contributed by atoms with E-state index in [1.165, 1.54) is 6.07 Å². The Labute approximate surface area is 99.9 Å². The van der Waals surface area contributed by atoms with Crippen LogP contribution < -0.4 is 5.73 Å². The first-order valence-corrected chi connectivity index (χ1v) is 6.15. The highest BCUT2D eigenvalue weighted by atomic mass is 79.9. The van der Waals surface area contributed by atoms with Crippen LogP contribution in [0, 0.1) is 5.82 Å². The highest BCUT2D eigenvalue weighted by Crippen LogP contribution is 2.30. The first kappa shape index (κ1) is 10.8. The Morgan fingerprint density at radius 1 is 1.20 bits per heavy atom. The lowest BCUT2D eigenvalue weighted by Gasteiger charge is -2.12. The van der Waals surface area contributed by atoms with E-state index < -0.39 is 6.04 Å². The van der Waals surface area contributed by atoms with Crippen molar-refractivity contribution in [3.8, 4) is 0 Å². The van der Waals surface area contributed by atoms with Crippen molar-refractivity contribution in [2.75, 3.05) is 0 Å². The summed E-state index contributed by atoms with van der Waals surface area (Å²) in [6.07, 6.45) is 0. The molecule has 0 amide bonds. The highest BCUT2D eigenvalue weighted by molar-refractivity contribution is 9.10. The van der Waals surface area contributed by atoms with E-state index >= 15 is 0 Å². The minimum atomic E-state index is -0.410. The number of hydrogen-bond acceptors (Lipinski definition) is 2. The molecule has 15 heavy (non-hydrogen) atoms. The van der Waals surface area contributed by atoms with E-state index in [1.807, 2.05) is 10.8 Å². The summed E-state index contributed by atoms with van der Waals surface area (Å²) in [6.45, 7) is 0. The summed E-state index contributed by atoms with van der Waals surface area (Å²) in [7, 11) is 0. The van der Waals surface area contributed by atoms with Crippen LogP contribution in [-0.4, -0.2) is 0 Å². The van der Waals surface area contributed by atoms with Gasteiger partial charge in [0.25, 0.3) is 0 Å². The third-order valence-corrected chi connectivity index (χ3v) is 3.97. The Morgan fingerprint density at radius 2 is 1.93 bits per heavy atom. The van der Waals surface area contributed by atoms with E-state index in [0.717, 1.165) is 10.0 Å². The Bertz CT molecular complexity index is 469. The average molecular weight is 286 g/mol. The molecule has 0 aliphatic carbocycles. The van der Waals surface area contributed by atoms with Crippen molar-refractivity contribution in [1.82, 2.24) is 0 Å². The molecule has 1 aromatic heterocycles. The molecule has 0 radical (unpaired) electrons. The summed E-state index contributed by atoms with van der Waals surface area (Å²) in [5.74, 6) is -0.261. The van der Waals surface area contributed by atoms with Crippen molar-refractivity contribution in [3.05, 3.63) is 56.4 Å². The zero-order valence-corrected chi connectivity index (χ0v) is 10.2. The van der Waals surface area contributed by atoms with Crippen LogP contribution in [0.2, 0.25) is 0 Å². The highest BCUT2D eigenvalue weighted by Gasteiger charge is 2.15. The lowest BCUT2D eigenvalue weighted by Crippen LogP contribution is -2.13. The molecule has 78 valence electrons. The lowest BCUT2D eigenvalue weighted by atomic mass is 10.0. The van der Waals surface area contributed by atoms with E-state index in [-0.39, 0.29) is 5.82 Å². The van der Waals surface area contributed by atoms with Gasteiger partial charge in [-0.3, -0.25) is 0 Å². The van der Waals surface area contributed by atoms with Gasteiger partial charge in [0.2, 0.25) is 0 Å². The van der Waals surface area contributed by atoms with Crippen LogP contribution >= 0.6 is 27.3 Å². The van der Waals surface area contributed by atoms with Crippen molar-refractivity contribution >= 4 is 27.3 Å². The molecule has 2 N–H and O–H groups in total. The third-order valence-electron chi connectivity index (χ3n) is 2.22. The first-order valence-electron chi connectivity index (χ1n) is 4.41. The normalized spacial score (nSPS) is 12.7. The molecule has 1 aromatic carbocycles. The second-order valence-corrected chi connectivity index (χ2v) is 4.77. The molecular formula is C11H9BrFNS. The predicted molar refractivity (Wildman–Crippen MR) is 64.4 cm³/mol. The van der Waals surface area contributed by atoms with Crippen LogP contribution in [0.3, 0.4) is 0 Å². The maximum atomic E-state index is 13.5. The van der Waals surface area contributed by atoms with Gasteiger partial charge in [-0.15, -0.1) is 0 Å². The minimum Gasteiger partial charge on any atom is -0.320 e. The summed E-state index contributed by atoms with van der Waals surface area (Å²) >= 11 is 4.94. The lowest BCUT2D eigenvalue weighted by molar-refractivity contribution is 0.599. The summed E-state index contributed by atoms with van der Waals surface area (Å²) < 4.78 is 14.4. The number of thiophene rings is 1. The quantitative estimate of drug-likeness (QED) is 0.895. The molecule has 1 heterocycles. The van der Waals surface area contributed by atoms with Gasteiger partial charge in [0, 0.05) is 15.4 Å². The molecule has 0 saturated carbocycles. The molecule has 1 atom stereocenters. The SMILES string of the molecule is NC(c1ccccc1F)c1cscc1Br. The van der Waals surface area contributed by atoms with E-state index in [4.69, 9.17) is 5.73 Å². The van der Waals surface area contributed by atoms with Gasteiger partial charge < -0.3 is 5.73 Å². The van der Waals surface area contributed by atoms with Gasteiger partial charge in [-0.05, 0) is 32.9 Å². The van der Waals surface area contributed by atoms with Gasteiger partial charge in [-0.2, -0.15) is 11.3 Å². The molecule has 1 nitrogen and oxygen atoms in total. The van der Waals surface area contributed by atoms with Gasteiger partial charge in [-0.25, -0.2) is 4.39 Å². The van der Waals surface area contributed by atoms with Crippen LogP contribution in [0.1, 0.15) is 17.2 Å². The Kier molecular flexibility index (Phi) is 3.19. The maximum Gasteiger partial charge on any atom is 0.128 e. The van der Waals surface area contributed by atoms with Gasteiger partial charge in [0.05, 0.1) is 6.04 Å². The van der Waals surface area contributed by atoms with Crippen LogP contribution in [0.15, 0.2) is 39.5 Å². The van der Waals surface area contributed by atoms with Crippen LogP contribution in [-0.2, 0) is 0 Å². The fraction of sp³-hybridized carbons (Fsp3) is 0.0909. The van der Waals surface area contributed by atoms with Crippen LogP contribution in [0.5, 0.6) is 0 Å². The standard InChI is InChI=1S/C11H9BrFNS/c12-9-6-15-5-8(9)11(14)7-3-1-2-4-10(7)13/h1-6,11H,14H2. The molecule has 2 rings (SSSR count). The molecule has 1 unspecified atom stereocenters. The largest absolute Gasteiger partial charge is 0.320 e. The topological polar surface area (TPSA) is 26.0 Å². The van der Waals surface area contributed by atoms with Crippen LogP contribution in [0.4, 0.5) is 4.39 Å². The van der Waals surface area contributed by atoms with E-state index in [9.17, 15) is 4.39 Å². The van der Waals surface area contributed by atoms with Crippen molar-refractivity contribution in [2.45, 2.75) is 6.04 Å². The number of halogens is 2. The minimum absolute atomic E-state index is 0.261. The smallest absolute Gasteiger partial charge is 0.128 e. The zero-order chi connectivity index (χ0) is 10.8. The summed E-state index contributed by atoms with van der Waals surface area (Å²) in [4.78, 5) is 0. The summed E-state index contributed by atoms with van der Waals surface area (Å²) in [5.41, 5.74) is 7.45. The fourth-order valence-corrected chi connectivity index (χ4v) is 2.99. The number of nitrogens with two attached hydrogens (primary N) is 1. The molecule has 0 fully saturated rings. The van der Waals surface area contributed by atoms with E-state index in [0.29, 0.717) is 5.56 Å². The second-order valence-electron chi connectivity index (χ2n) is 3.17. The summed E-state index contributed by atoms with van der Waals surface area (Å²) in [5, 5.41) is 3.87. The molecule has 0 spiro atoms. The van der Waals surface area contributed by atoms with Crippen molar-refractivity contribution in [2.24, 2.45) is 5.73 Å². The van der Waals surface area contributed by atoms with E-state index in [1.54, 1.807) is 29.5 Å². The van der Waals surface area contributed by atoms with Gasteiger partial charge in [-0.1, -0.05) is 18.2 Å². The van der Waals surface area contributed by atoms with Crippen LogP contribution in [0.25, 0.3) is 0 Å². The van der Waals surface area contributed by atoms with E-state index in [2.05, 4.69) is 15.9 Å². The van der Waals surface area contributed by atoms with Gasteiger partial charge in [0.15, 0.2) is 0 Å². The third kappa shape index (κ3) is 2.12. The number of hydrogen-bond donors (Lipinski definition) is 1. The Hall–Kier alpha value is -0.710. The number of rotatable bonds is 2. The molecule has 2 aromatic rings. The monoisotopic (exact) mass is 285 g/mol. The average Bonchev–Trinajstić information content (AvgIpc) is 2.64. The Morgan fingerprint density at radius 3 is 2.53 bits per heavy atom. The molecule has 4 heteroatoms. The first-order chi connectivity index (χ1) is 7.20. The zero-order valence-electron chi connectivity index (χ0n) is 7.78. The number of benzene rings is 1. The van der Waals surface area contributed by atoms with Gasteiger partial charge in [0.1, 0.15) is 5.82 Å². The molecule has 0 bridgehead atoms. The second kappa shape index (κ2) is 4.43. The fourth-order valence-electron chi connectivity index (χ4n) is 1.41. The summed E-state index contributed by atoms with van der Waals surface area (Å²) in [6, 6.07) is 6.18. The van der Waals surface area contributed by atoms with Crippen molar-refractivity contribution < 1.29 is 4.39 Å². The Balaban J connectivity index is 2.41.